The molecule has 0 radical (unpaired) electrons. The maximum absolute atomic E-state index is 14.3. The first-order valence-corrected chi connectivity index (χ1v) is 7.89. The maximum Gasteiger partial charge on any atom is 1.00 e. The fourth-order valence-corrected chi connectivity index (χ4v) is 2.37. The molecular formula is C12H2F23NaO3. The first-order valence-electron chi connectivity index (χ1n) is 7.89. The molecular weight excluding hydrogens is 652 g/mol. The van der Waals surface area contributed by atoms with Crippen LogP contribution in [-0.4, -0.2) is 76.9 Å². The van der Waals surface area contributed by atoms with Crippen LogP contribution in [0.15, 0.2) is 0 Å². The predicted molar refractivity (Wildman–Crippen MR) is 63.8 cm³/mol. The van der Waals surface area contributed by atoms with E-state index in [-0.39, 0.29) is 31.0 Å². The molecule has 0 saturated carbocycles. The summed E-state index contributed by atoms with van der Waals surface area (Å²) in [5.41, 5.74) is 0. The van der Waals surface area contributed by atoms with Crippen LogP contribution in [0.4, 0.5) is 101 Å². The summed E-state index contributed by atoms with van der Waals surface area (Å²) in [4.78, 5) is 0. The summed E-state index contributed by atoms with van der Waals surface area (Å²) in [5, 5.41) is 8.17. The maximum atomic E-state index is 14.3. The summed E-state index contributed by atoms with van der Waals surface area (Å²) in [6, 6.07) is 0. The van der Waals surface area contributed by atoms with Gasteiger partial charge in [0.25, 0.3) is 0 Å². The molecule has 2 atom stereocenters. The van der Waals surface area contributed by atoms with E-state index < -0.39 is 71.7 Å². The Labute approximate surface area is 218 Å². The molecule has 1 aliphatic rings. The second-order valence-electron chi connectivity index (χ2n) is 6.92. The van der Waals surface area contributed by atoms with Crippen LogP contribution in [0.3, 0.4) is 0 Å². The Morgan fingerprint density at radius 1 is 0.462 bits per heavy atom. The van der Waals surface area contributed by atoms with Crippen molar-refractivity contribution in [3.63, 3.8) is 0 Å². The molecule has 2 unspecified atom stereocenters. The summed E-state index contributed by atoms with van der Waals surface area (Å²) < 4.78 is 305. The number of aliphatic hydroxyl groups is 1. The molecule has 0 amide bonds. The van der Waals surface area contributed by atoms with Crippen molar-refractivity contribution < 1.29 is 147 Å². The van der Waals surface area contributed by atoms with Crippen molar-refractivity contribution in [1.82, 2.24) is 0 Å². The van der Waals surface area contributed by atoms with E-state index in [1.54, 1.807) is 4.74 Å². The molecule has 39 heavy (non-hydrogen) atoms. The largest absolute Gasteiger partial charge is 1.00 e. The van der Waals surface area contributed by atoms with Gasteiger partial charge in [-0.2, -0.15) is 101 Å². The number of hydrogen-bond donors (Lipinski definition) is 1. The molecule has 0 aromatic rings. The van der Waals surface area contributed by atoms with Gasteiger partial charge in [-0.25, -0.2) is 0 Å². The SMILES string of the molecule is OC(F)(F)C1(C(F)(F)C(F)(F)C(F)(F)C(F)(F)F)OC(F)(F)C(F)(C(F)(F)C(F)(F)C(F)(F)C(F)(F)F)O1.[H-].[Na+]. The van der Waals surface area contributed by atoms with Crippen LogP contribution in [0.5, 0.6) is 0 Å². The number of alkyl halides is 23. The van der Waals surface area contributed by atoms with Gasteiger partial charge in [-0.3, -0.25) is 9.47 Å². The molecule has 1 aliphatic heterocycles. The van der Waals surface area contributed by atoms with E-state index in [0.717, 1.165) is 0 Å². The van der Waals surface area contributed by atoms with Gasteiger partial charge in [0.15, 0.2) is 0 Å². The van der Waals surface area contributed by atoms with Gasteiger partial charge >= 0.3 is 101 Å². The minimum atomic E-state index is -8.88. The van der Waals surface area contributed by atoms with Crippen molar-refractivity contribution in [1.29, 1.82) is 0 Å². The molecule has 1 fully saturated rings. The topological polar surface area (TPSA) is 38.7 Å². The fourth-order valence-electron chi connectivity index (χ4n) is 2.37. The molecule has 1 saturated heterocycles. The normalized spacial score (nSPS) is 26.5. The second-order valence-corrected chi connectivity index (χ2v) is 6.92. The third kappa shape index (κ3) is 4.52. The Balaban J connectivity index is 0. The molecule has 1 heterocycles. The zero-order valence-corrected chi connectivity index (χ0v) is 19.0. The van der Waals surface area contributed by atoms with Crippen molar-refractivity contribution in [3.8, 4) is 0 Å². The van der Waals surface area contributed by atoms with Gasteiger partial charge in [0, 0.05) is 0 Å². The molecule has 3 nitrogen and oxygen atoms in total. The summed E-state index contributed by atoms with van der Waals surface area (Å²) in [5.74, 6) is -68.9. The Morgan fingerprint density at radius 3 is 1.00 bits per heavy atom. The predicted octanol–water partition coefficient (Wildman–Crippen LogP) is 3.63. The van der Waals surface area contributed by atoms with Crippen LogP contribution in [0, 0.1) is 0 Å². The Morgan fingerprint density at radius 2 is 0.744 bits per heavy atom. The van der Waals surface area contributed by atoms with Crippen LogP contribution in [0.25, 0.3) is 0 Å². The van der Waals surface area contributed by atoms with Gasteiger partial charge in [0.1, 0.15) is 0 Å². The van der Waals surface area contributed by atoms with E-state index in [1.807, 2.05) is 0 Å². The van der Waals surface area contributed by atoms with E-state index >= 15 is 0 Å². The number of rotatable bonds is 7. The van der Waals surface area contributed by atoms with Gasteiger partial charge in [-0.05, 0) is 0 Å². The first kappa shape index (κ1) is 38.3. The second kappa shape index (κ2) is 9.13. The Kier molecular flexibility index (Phi) is 8.96. The summed E-state index contributed by atoms with van der Waals surface area (Å²) >= 11 is 0. The zero-order chi connectivity index (χ0) is 31.4. The van der Waals surface area contributed by atoms with Crippen molar-refractivity contribution in [2.45, 2.75) is 71.7 Å². The molecule has 0 bridgehead atoms. The molecule has 1 N–H and O–H groups in total. The standard InChI is InChI=1S/C12HF23O3.Na.H/c13-1(14,5(21,22)9(26,27)28)3(17,18)7(25)12(34,35)38-8(37-7,11(32,33)36)4(19,20)2(15,16)6(23,24)10(29,30)31;;/h36H;;/q;+1;-1. The van der Waals surface area contributed by atoms with Crippen molar-refractivity contribution >= 4 is 0 Å². The van der Waals surface area contributed by atoms with Gasteiger partial charge in [0.2, 0.25) is 0 Å². The Hall–Kier alpha value is -0.730. The fraction of sp³-hybridized carbons (Fsp3) is 1.00. The summed E-state index contributed by atoms with van der Waals surface area (Å²) in [7, 11) is 0. The van der Waals surface area contributed by atoms with E-state index in [4.69, 9.17) is 5.11 Å². The van der Waals surface area contributed by atoms with E-state index in [2.05, 4.69) is 0 Å². The molecule has 0 aliphatic carbocycles. The molecule has 0 aromatic heterocycles. The number of hydrogen-bond acceptors (Lipinski definition) is 3. The van der Waals surface area contributed by atoms with Crippen LogP contribution >= 0.6 is 0 Å². The molecule has 1 rings (SSSR count). The first-order chi connectivity index (χ1) is 15.9. The van der Waals surface area contributed by atoms with Crippen LogP contribution < -0.4 is 29.6 Å². The third-order valence-corrected chi connectivity index (χ3v) is 4.43. The quantitative estimate of drug-likeness (QED) is 0.337. The van der Waals surface area contributed by atoms with Crippen LogP contribution in [-0.2, 0) is 9.47 Å². The Bertz CT molecular complexity index is 924. The van der Waals surface area contributed by atoms with Gasteiger partial charge in [-0.15, -0.1) is 0 Å². The van der Waals surface area contributed by atoms with E-state index in [1.165, 1.54) is 4.74 Å². The van der Waals surface area contributed by atoms with E-state index in [0.29, 0.717) is 0 Å². The van der Waals surface area contributed by atoms with Crippen molar-refractivity contribution in [2.75, 3.05) is 0 Å². The molecule has 230 valence electrons. The van der Waals surface area contributed by atoms with Gasteiger partial charge < -0.3 is 6.53 Å². The van der Waals surface area contributed by atoms with Gasteiger partial charge in [-0.1, -0.05) is 0 Å². The average Bonchev–Trinajstić information content (AvgIpc) is 2.87. The van der Waals surface area contributed by atoms with E-state index in [9.17, 15) is 101 Å². The molecule has 0 aromatic carbocycles. The smallest absolute Gasteiger partial charge is 1.00 e. The molecule has 27 heteroatoms. The van der Waals surface area contributed by atoms with Crippen molar-refractivity contribution in [3.05, 3.63) is 0 Å². The summed E-state index contributed by atoms with van der Waals surface area (Å²) in [6.45, 7) is 0. The molecule has 0 spiro atoms. The van der Waals surface area contributed by atoms with Gasteiger partial charge in [0.05, 0.1) is 0 Å². The number of halogens is 23. The number of ether oxygens (including phenoxy) is 2. The van der Waals surface area contributed by atoms with Crippen LogP contribution in [0.1, 0.15) is 1.43 Å². The summed E-state index contributed by atoms with van der Waals surface area (Å²) in [6.07, 6.45) is -32.1. The van der Waals surface area contributed by atoms with Crippen molar-refractivity contribution in [2.24, 2.45) is 0 Å². The minimum Gasteiger partial charge on any atom is -1.00 e. The average molecular weight is 654 g/mol. The van der Waals surface area contributed by atoms with Crippen LogP contribution in [0.2, 0.25) is 0 Å². The third-order valence-electron chi connectivity index (χ3n) is 4.43. The monoisotopic (exact) mass is 654 g/mol. The zero-order valence-electron chi connectivity index (χ0n) is 18.0. The minimum absolute atomic E-state index is 0.